The molecule has 3 rings (SSSR count). The maximum absolute atomic E-state index is 10.9. The molecule has 0 aliphatic heterocycles. The summed E-state index contributed by atoms with van der Waals surface area (Å²) in [6.45, 7) is 0. The predicted octanol–water partition coefficient (Wildman–Crippen LogP) is 1.97. The Hall–Kier alpha value is -1.81. The molecule has 0 aromatic carbocycles. The molecule has 2 aliphatic rings. The summed E-state index contributed by atoms with van der Waals surface area (Å²) in [5.41, 5.74) is 0.489. The minimum atomic E-state index is -1.11. The summed E-state index contributed by atoms with van der Waals surface area (Å²) >= 11 is 3.05. The van der Waals surface area contributed by atoms with E-state index in [9.17, 15) is 10.1 Å². The fraction of sp³-hybridized carbons (Fsp3) is 0.462. The lowest BCUT2D eigenvalue weighted by molar-refractivity contribution is -0.129. The van der Waals surface area contributed by atoms with Crippen molar-refractivity contribution < 1.29 is 9.90 Å². The van der Waals surface area contributed by atoms with Gasteiger partial charge in [0.15, 0.2) is 0 Å². The van der Waals surface area contributed by atoms with Crippen molar-refractivity contribution in [3.05, 3.63) is 18.0 Å². The molecule has 1 unspecified atom stereocenters. The van der Waals surface area contributed by atoms with Gasteiger partial charge < -0.3 is 5.11 Å². The van der Waals surface area contributed by atoms with Crippen molar-refractivity contribution in [1.29, 1.82) is 5.26 Å². The fourth-order valence-corrected chi connectivity index (χ4v) is 3.07. The summed E-state index contributed by atoms with van der Waals surface area (Å²) in [6, 6.07) is 2.39. The lowest BCUT2D eigenvalue weighted by Gasteiger charge is -2.07. The van der Waals surface area contributed by atoms with Crippen molar-refractivity contribution in [3.8, 4) is 6.07 Å². The molecule has 2 fully saturated rings. The van der Waals surface area contributed by atoms with Crippen LogP contribution < -0.4 is 0 Å². The van der Waals surface area contributed by atoms with E-state index in [4.69, 9.17) is 5.11 Å². The van der Waals surface area contributed by atoms with Gasteiger partial charge in [-0.1, -0.05) is 15.9 Å². The Kier molecular flexibility index (Phi) is 2.87. The number of aliphatic imine (C=N–C) groups is 1. The van der Waals surface area contributed by atoms with Crippen LogP contribution in [0, 0.1) is 16.7 Å². The van der Waals surface area contributed by atoms with Crippen LogP contribution in [0.3, 0.4) is 0 Å². The van der Waals surface area contributed by atoms with E-state index in [1.54, 1.807) is 12.4 Å². The Morgan fingerprint density at radius 1 is 1.50 bits per heavy atom. The van der Waals surface area contributed by atoms with Crippen molar-refractivity contribution in [2.45, 2.75) is 24.7 Å². The van der Waals surface area contributed by atoms with Gasteiger partial charge >= 0.3 is 5.97 Å². The molecule has 1 atom stereocenters. The molecule has 20 heavy (non-hydrogen) atoms. The Morgan fingerprint density at radius 3 is 2.55 bits per heavy atom. The Morgan fingerprint density at radius 2 is 2.15 bits per heavy atom. The highest BCUT2D eigenvalue weighted by atomic mass is 79.9. The van der Waals surface area contributed by atoms with Crippen LogP contribution in [0.25, 0.3) is 0 Å². The molecule has 0 bridgehead atoms. The number of carbonyl (C=O) groups is 1. The van der Waals surface area contributed by atoms with Gasteiger partial charge in [0.2, 0.25) is 5.95 Å². The van der Waals surface area contributed by atoms with Gasteiger partial charge in [-0.05, 0) is 24.7 Å². The normalized spacial score (nSPS) is 26.1. The molecule has 1 aromatic rings. The second-order valence-electron chi connectivity index (χ2n) is 5.24. The number of aromatic nitrogens is 2. The van der Waals surface area contributed by atoms with E-state index in [0.717, 1.165) is 24.8 Å². The molecule has 6 nitrogen and oxygen atoms in total. The molecule has 1 N–H and O–H groups in total. The zero-order chi connectivity index (χ0) is 14.4. The molecule has 0 amide bonds. The molecular weight excluding hydrogens is 324 g/mol. The number of carboxylic acids is 1. The number of halogens is 1. The second-order valence-corrected chi connectivity index (χ2v) is 5.80. The number of rotatable bonds is 4. The summed E-state index contributed by atoms with van der Waals surface area (Å²) in [4.78, 5) is 22.8. The first-order valence-electron chi connectivity index (χ1n) is 6.17. The van der Waals surface area contributed by atoms with Gasteiger partial charge in [-0.15, -0.1) is 0 Å². The zero-order valence-corrected chi connectivity index (χ0v) is 12.1. The van der Waals surface area contributed by atoms with Gasteiger partial charge in [0, 0.05) is 18.0 Å². The first-order valence-corrected chi connectivity index (χ1v) is 7.30. The quantitative estimate of drug-likeness (QED) is 0.670. The largest absolute Gasteiger partial charge is 0.477 e. The van der Waals surface area contributed by atoms with E-state index in [0.29, 0.717) is 0 Å². The van der Waals surface area contributed by atoms with Crippen LogP contribution in [-0.4, -0.2) is 32.1 Å². The zero-order valence-electron chi connectivity index (χ0n) is 10.5. The van der Waals surface area contributed by atoms with Crippen LogP contribution in [0.1, 0.15) is 24.8 Å². The Balaban J connectivity index is 1.86. The van der Waals surface area contributed by atoms with E-state index < -0.39 is 11.4 Å². The van der Waals surface area contributed by atoms with Gasteiger partial charge in [0.1, 0.15) is 5.71 Å². The molecule has 0 radical (unpaired) electrons. The highest BCUT2D eigenvalue weighted by Gasteiger charge is 2.75. The average molecular weight is 335 g/mol. The van der Waals surface area contributed by atoms with E-state index in [2.05, 4.69) is 37.0 Å². The minimum Gasteiger partial charge on any atom is -0.477 e. The lowest BCUT2D eigenvalue weighted by Crippen LogP contribution is -2.14. The number of nitriles is 1. The molecule has 1 heterocycles. The highest BCUT2D eigenvalue weighted by molar-refractivity contribution is 9.09. The van der Waals surface area contributed by atoms with Gasteiger partial charge in [0.25, 0.3) is 0 Å². The highest BCUT2D eigenvalue weighted by Crippen LogP contribution is 2.78. The first kappa shape index (κ1) is 13.2. The number of hydrogen-bond acceptors (Lipinski definition) is 5. The average Bonchev–Trinajstić information content (AvgIpc) is 3.36. The molecule has 2 saturated carbocycles. The number of aliphatic carboxylic acids is 1. The summed E-state index contributed by atoms with van der Waals surface area (Å²) < 4.78 is 0. The van der Waals surface area contributed by atoms with Crippen molar-refractivity contribution in [3.63, 3.8) is 0 Å². The minimum absolute atomic E-state index is 0.0576. The van der Waals surface area contributed by atoms with Crippen LogP contribution in [0.5, 0.6) is 0 Å². The molecule has 102 valence electrons. The molecular formula is C13H11BrN4O2. The topological polar surface area (TPSA) is 99.2 Å². The summed E-state index contributed by atoms with van der Waals surface area (Å²) in [5.74, 6) is -1.01. The summed E-state index contributed by atoms with van der Waals surface area (Å²) in [5, 5.41) is 18.4. The lowest BCUT2D eigenvalue weighted by atomic mass is 9.97. The molecule has 1 aromatic heterocycles. The van der Waals surface area contributed by atoms with Gasteiger partial charge in [-0.25, -0.2) is 19.8 Å². The molecule has 2 aliphatic carbocycles. The summed E-state index contributed by atoms with van der Waals surface area (Å²) in [7, 11) is 0. The Labute approximate surface area is 123 Å². The number of nitrogens with zero attached hydrogens (tertiary/aromatic N) is 4. The monoisotopic (exact) mass is 334 g/mol. The van der Waals surface area contributed by atoms with Crippen LogP contribution in [0.15, 0.2) is 17.4 Å². The predicted molar refractivity (Wildman–Crippen MR) is 74.1 cm³/mol. The van der Waals surface area contributed by atoms with Gasteiger partial charge in [0.05, 0.1) is 16.8 Å². The van der Waals surface area contributed by atoms with Gasteiger partial charge in [-0.3, -0.25) is 0 Å². The summed E-state index contributed by atoms with van der Waals surface area (Å²) in [6.07, 6.45) is 6.25. The van der Waals surface area contributed by atoms with Crippen molar-refractivity contribution in [1.82, 2.24) is 9.97 Å². The third-order valence-corrected chi connectivity index (χ3v) is 4.70. The van der Waals surface area contributed by atoms with E-state index in [-0.39, 0.29) is 22.4 Å². The Bertz CT molecular complexity index is 645. The van der Waals surface area contributed by atoms with Crippen molar-refractivity contribution in [2.24, 2.45) is 10.4 Å². The number of hydrogen-bond donors (Lipinski definition) is 1. The van der Waals surface area contributed by atoms with E-state index >= 15 is 0 Å². The SMILES string of the molecule is N#CC1(c2cnc(/N=C(\CBr)C(=O)O)nc2)CC12CC2. The van der Waals surface area contributed by atoms with E-state index in [1.807, 2.05) is 0 Å². The van der Waals surface area contributed by atoms with Crippen LogP contribution >= 0.6 is 15.9 Å². The van der Waals surface area contributed by atoms with Crippen LogP contribution in [-0.2, 0) is 10.2 Å². The second kappa shape index (κ2) is 4.35. The van der Waals surface area contributed by atoms with E-state index in [1.165, 1.54) is 0 Å². The maximum atomic E-state index is 10.9. The fourth-order valence-electron chi connectivity index (χ4n) is 2.70. The third kappa shape index (κ3) is 1.83. The molecule has 7 heteroatoms. The van der Waals surface area contributed by atoms with Crippen molar-refractivity contribution >= 4 is 33.6 Å². The first-order chi connectivity index (χ1) is 9.57. The third-order valence-electron chi connectivity index (χ3n) is 4.17. The number of alkyl halides is 1. The van der Waals surface area contributed by atoms with Crippen LogP contribution in [0.2, 0.25) is 0 Å². The molecule has 1 spiro atoms. The van der Waals surface area contributed by atoms with Crippen molar-refractivity contribution in [2.75, 3.05) is 5.33 Å². The molecule has 0 saturated heterocycles. The standard InChI is InChI=1S/C13H11BrN4O2/c14-3-9(10(19)20)18-11-16-4-8(5-17-11)13(7-15)6-12(13)1-2-12/h4-5H,1-3,6H2,(H,19,20)/b18-9+. The van der Waals surface area contributed by atoms with Crippen LogP contribution in [0.4, 0.5) is 5.95 Å². The maximum Gasteiger partial charge on any atom is 0.351 e. The number of carboxylic acid groups (broad SMARTS) is 1. The van der Waals surface area contributed by atoms with Gasteiger partial charge in [-0.2, -0.15) is 5.26 Å². The smallest absolute Gasteiger partial charge is 0.351 e.